The average Bonchev–Trinajstić information content (AvgIpc) is 2.27. The van der Waals surface area contributed by atoms with Gasteiger partial charge in [0.1, 0.15) is 5.75 Å². The summed E-state index contributed by atoms with van der Waals surface area (Å²) in [5.41, 5.74) is 0.242. The Balaban J connectivity index is 2.62. The Morgan fingerprint density at radius 2 is 2.11 bits per heavy atom. The van der Waals surface area contributed by atoms with Crippen LogP contribution in [0.4, 0.5) is 13.2 Å². The lowest BCUT2D eigenvalue weighted by Gasteiger charge is -2.08. The lowest BCUT2D eigenvalue weighted by molar-refractivity contribution is -0.124. The van der Waals surface area contributed by atoms with Crippen molar-refractivity contribution in [1.82, 2.24) is 5.32 Å². The molecule has 0 saturated heterocycles. The highest BCUT2D eigenvalue weighted by Gasteiger charge is 2.26. The monoisotopic (exact) mass is 281 g/mol. The van der Waals surface area contributed by atoms with Crippen molar-refractivity contribution in [2.45, 2.75) is 6.18 Å². The number of carbonyl (C=O) groups is 1. The molecular weight excluding hydrogens is 271 g/mol. The third-order valence-corrected chi connectivity index (χ3v) is 2.40. The summed E-state index contributed by atoms with van der Waals surface area (Å²) in [6.07, 6.45) is -4.34. The van der Waals surface area contributed by atoms with Crippen molar-refractivity contribution in [3.8, 4) is 5.75 Å². The molecule has 3 nitrogen and oxygen atoms in total. The maximum Gasteiger partial charge on any atom is 0.401 e. The third-order valence-electron chi connectivity index (χ3n) is 2.08. The second-order valence-electron chi connectivity index (χ2n) is 3.49. The van der Waals surface area contributed by atoms with Crippen LogP contribution in [0.1, 0.15) is 10.4 Å². The van der Waals surface area contributed by atoms with Crippen molar-refractivity contribution in [1.29, 1.82) is 0 Å². The van der Waals surface area contributed by atoms with Gasteiger partial charge in [-0.1, -0.05) is 11.6 Å². The molecule has 0 bridgehead atoms. The number of ketones is 1. The molecule has 0 unspecified atom stereocenters. The fourth-order valence-corrected chi connectivity index (χ4v) is 1.45. The predicted octanol–water partition coefficient (Wildman–Crippen LogP) is 2.68. The van der Waals surface area contributed by atoms with Gasteiger partial charge < -0.3 is 10.1 Å². The fraction of sp³-hybridized carbons (Fsp3) is 0.364. The highest BCUT2D eigenvalue weighted by atomic mass is 35.5. The fourth-order valence-electron chi connectivity index (χ4n) is 1.25. The molecule has 1 N–H and O–H groups in total. The summed E-state index contributed by atoms with van der Waals surface area (Å²) in [5.74, 6) is -0.160. The largest absolute Gasteiger partial charge is 0.495 e. The lowest BCUT2D eigenvalue weighted by atomic mass is 10.1. The molecule has 7 heteroatoms. The number of hydrogen-bond acceptors (Lipinski definition) is 3. The van der Waals surface area contributed by atoms with E-state index in [4.69, 9.17) is 16.3 Å². The van der Waals surface area contributed by atoms with Crippen LogP contribution in [0, 0.1) is 0 Å². The number of methoxy groups -OCH3 is 1. The Morgan fingerprint density at radius 3 is 2.67 bits per heavy atom. The highest BCUT2D eigenvalue weighted by molar-refractivity contribution is 6.32. The van der Waals surface area contributed by atoms with Crippen LogP contribution in [-0.2, 0) is 0 Å². The summed E-state index contributed by atoms with van der Waals surface area (Å²) < 4.78 is 40.5. The molecule has 0 aromatic heterocycles. The van der Waals surface area contributed by atoms with E-state index >= 15 is 0 Å². The maximum atomic E-state index is 11.9. The van der Waals surface area contributed by atoms with Crippen LogP contribution >= 0.6 is 11.6 Å². The van der Waals surface area contributed by atoms with Crippen molar-refractivity contribution in [3.63, 3.8) is 0 Å². The van der Waals surface area contributed by atoms with Crippen LogP contribution in [0.5, 0.6) is 5.75 Å². The summed E-state index contributed by atoms with van der Waals surface area (Å²) in [6, 6.07) is 4.28. The van der Waals surface area contributed by atoms with Crippen LogP contribution in [-0.4, -0.2) is 32.2 Å². The quantitative estimate of drug-likeness (QED) is 0.843. The van der Waals surface area contributed by atoms with Crippen molar-refractivity contribution in [2.75, 3.05) is 20.2 Å². The number of nitrogens with one attached hydrogen (secondary N) is 1. The topological polar surface area (TPSA) is 38.3 Å². The van der Waals surface area contributed by atoms with E-state index in [0.29, 0.717) is 10.8 Å². The van der Waals surface area contributed by atoms with E-state index in [1.165, 1.54) is 25.3 Å². The van der Waals surface area contributed by atoms with Crippen LogP contribution in [0.25, 0.3) is 0 Å². The van der Waals surface area contributed by atoms with Crippen molar-refractivity contribution in [2.24, 2.45) is 0 Å². The summed E-state index contributed by atoms with van der Waals surface area (Å²) >= 11 is 5.76. The molecule has 0 atom stereocenters. The van der Waals surface area contributed by atoms with Gasteiger partial charge in [0.25, 0.3) is 0 Å². The number of benzene rings is 1. The van der Waals surface area contributed by atoms with Gasteiger partial charge in [0, 0.05) is 5.56 Å². The van der Waals surface area contributed by atoms with Gasteiger partial charge in [-0.15, -0.1) is 0 Å². The summed E-state index contributed by atoms with van der Waals surface area (Å²) in [4.78, 5) is 11.6. The summed E-state index contributed by atoms with van der Waals surface area (Å²) in [5, 5.41) is 2.36. The smallest absolute Gasteiger partial charge is 0.401 e. The lowest BCUT2D eigenvalue weighted by Crippen LogP contribution is -2.32. The zero-order valence-corrected chi connectivity index (χ0v) is 10.2. The number of halogens is 4. The average molecular weight is 282 g/mol. The highest BCUT2D eigenvalue weighted by Crippen LogP contribution is 2.25. The van der Waals surface area contributed by atoms with Gasteiger partial charge in [0.2, 0.25) is 0 Å². The third kappa shape index (κ3) is 4.54. The van der Waals surface area contributed by atoms with E-state index in [0.717, 1.165) is 0 Å². The molecule has 0 heterocycles. The molecule has 1 aromatic carbocycles. The van der Waals surface area contributed by atoms with Crippen LogP contribution in [0.3, 0.4) is 0 Å². The maximum absolute atomic E-state index is 11.9. The molecule has 0 amide bonds. The zero-order chi connectivity index (χ0) is 13.8. The Bertz CT molecular complexity index is 435. The summed E-state index contributed by atoms with van der Waals surface area (Å²) in [6.45, 7) is -1.60. The van der Waals surface area contributed by atoms with Crippen molar-refractivity contribution >= 4 is 17.4 Å². The Hall–Kier alpha value is -1.27. The van der Waals surface area contributed by atoms with Gasteiger partial charge in [0.05, 0.1) is 25.2 Å². The normalized spacial score (nSPS) is 11.4. The first-order chi connectivity index (χ1) is 8.33. The van der Waals surface area contributed by atoms with Crippen molar-refractivity contribution < 1.29 is 22.7 Å². The van der Waals surface area contributed by atoms with E-state index in [2.05, 4.69) is 0 Å². The standard InChI is InChI=1S/C11H11ClF3NO2/c1-18-10-4-7(2-3-8(10)12)9(17)5-16-6-11(13,14)15/h2-4,16H,5-6H2,1H3. The van der Waals surface area contributed by atoms with Crippen molar-refractivity contribution in [3.05, 3.63) is 28.8 Å². The van der Waals surface area contributed by atoms with Gasteiger partial charge in [0.15, 0.2) is 5.78 Å². The minimum Gasteiger partial charge on any atom is -0.495 e. The van der Waals surface area contributed by atoms with Gasteiger partial charge in [-0.3, -0.25) is 4.79 Å². The van der Waals surface area contributed by atoms with E-state index in [9.17, 15) is 18.0 Å². The molecule has 0 saturated carbocycles. The number of rotatable bonds is 5. The number of hydrogen-bond donors (Lipinski definition) is 1. The van der Waals surface area contributed by atoms with Crippen LogP contribution in [0.2, 0.25) is 5.02 Å². The molecule has 0 fully saturated rings. The first-order valence-electron chi connectivity index (χ1n) is 4.97. The number of ether oxygens (including phenoxy) is 1. The Labute approximate surface area is 107 Å². The number of alkyl halides is 3. The minimum absolute atomic E-state index is 0.242. The van der Waals surface area contributed by atoms with E-state index in [1.54, 1.807) is 0 Å². The number of Topliss-reactive ketones (excluding diaryl/α,β-unsaturated/α-hetero) is 1. The van der Waals surface area contributed by atoms with Gasteiger partial charge >= 0.3 is 6.18 Å². The predicted molar refractivity (Wildman–Crippen MR) is 61.3 cm³/mol. The molecule has 1 rings (SSSR count). The van der Waals surface area contributed by atoms with Gasteiger partial charge in [-0.05, 0) is 18.2 Å². The molecule has 0 spiro atoms. The molecule has 0 aliphatic heterocycles. The number of carbonyl (C=O) groups excluding carboxylic acids is 1. The Kier molecular flexibility index (Phi) is 4.98. The molecule has 1 aromatic rings. The first kappa shape index (κ1) is 14.8. The van der Waals surface area contributed by atoms with E-state index < -0.39 is 25.0 Å². The summed E-state index contributed by atoms with van der Waals surface area (Å²) in [7, 11) is 1.39. The van der Waals surface area contributed by atoms with Crippen LogP contribution in [0.15, 0.2) is 18.2 Å². The molecule has 0 aliphatic carbocycles. The first-order valence-corrected chi connectivity index (χ1v) is 5.35. The molecule has 0 radical (unpaired) electrons. The second-order valence-corrected chi connectivity index (χ2v) is 3.90. The molecular formula is C11H11ClF3NO2. The molecule has 18 heavy (non-hydrogen) atoms. The zero-order valence-electron chi connectivity index (χ0n) is 9.47. The van der Waals surface area contributed by atoms with Gasteiger partial charge in [-0.2, -0.15) is 13.2 Å². The second kappa shape index (κ2) is 6.06. The Morgan fingerprint density at radius 1 is 1.44 bits per heavy atom. The molecule has 100 valence electrons. The minimum atomic E-state index is -4.34. The SMILES string of the molecule is COc1cc(C(=O)CNCC(F)(F)F)ccc1Cl. The van der Waals surface area contributed by atoms with Crippen LogP contribution < -0.4 is 10.1 Å². The van der Waals surface area contributed by atoms with E-state index in [-0.39, 0.29) is 5.56 Å². The van der Waals surface area contributed by atoms with Gasteiger partial charge in [-0.25, -0.2) is 0 Å². The molecule has 0 aliphatic rings. The van der Waals surface area contributed by atoms with E-state index in [1.807, 2.05) is 5.32 Å².